The summed E-state index contributed by atoms with van der Waals surface area (Å²) in [5.41, 5.74) is 7.59. The van der Waals surface area contributed by atoms with Crippen molar-refractivity contribution in [3.63, 3.8) is 0 Å². The van der Waals surface area contributed by atoms with Crippen LogP contribution in [0.5, 0.6) is 0 Å². The average molecular weight is 402 g/mol. The van der Waals surface area contributed by atoms with Gasteiger partial charge >= 0.3 is 0 Å². The maximum Gasteiger partial charge on any atom is 0.201 e. The summed E-state index contributed by atoms with van der Waals surface area (Å²) in [7, 11) is 0. The van der Waals surface area contributed by atoms with Gasteiger partial charge in [0.15, 0.2) is 0 Å². The van der Waals surface area contributed by atoms with Crippen molar-refractivity contribution < 1.29 is 4.39 Å². The Bertz CT molecular complexity index is 649. The molecule has 1 aromatic heterocycles. The van der Waals surface area contributed by atoms with Crippen molar-refractivity contribution in [2.45, 2.75) is 38.8 Å². The Morgan fingerprint density at radius 2 is 2.05 bits per heavy atom. The van der Waals surface area contributed by atoms with Crippen molar-refractivity contribution in [3.05, 3.63) is 21.5 Å². The summed E-state index contributed by atoms with van der Waals surface area (Å²) in [6.45, 7) is 5.24. The van der Waals surface area contributed by atoms with Gasteiger partial charge in [0.1, 0.15) is 5.82 Å². The van der Waals surface area contributed by atoms with Crippen LogP contribution in [0.2, 0.25) is 0 Å². The van der Waals surface area contributed by atoms with Crippen LogP contribution in [0.25, 0.3) is 11.0 Å². The third-order valence-electron chi connectivity index (χ3n) is 4.28. The largest absolute Gasteiger partial charge is 0.369 e. The lowest BCUT2D eigenvalue weighted by Gasteiger charge is -2.32. The fourth-order valence-corrected chi connectivity index (χ4v) is 3.52. The van der Waals surface area contributed by atoms with Crippen LogP contribution in [-0.4, -0.2) is 33.6 Å². The van der Waals surface area contributed by atoms with Crippen molar-refractivity contribution in [3.8, 4) is 0 Å². The van der Waals surface area contributed by atoms with E-state index in [1.807, 2.05) is 27.2 Å². The molecule has 0 aliphatic carbocycles. The molecule has 1 saturated heterocycles. The second kappa shape index (κ2) is 6.08. The number of imidazole rings is 1. The number of nitrogen functional groups attached to an aromatic ring is 1. The van der Waals surface area contributed by atoms with Crippen molar-refractivity contribution >= 4 is 39.6 Å². The first-order valence-electron chi connectivity index (χ1n) is 7.41. The molecule has 114 valence electrons. The Morgan fingerprint density at radius 3 is 2.76 bits per heavy atom. The van der Waals surface area contributed by atoms with Gasteiger partial charge in [-0.3, -0.25) is 4.90 Å². The number of hydrogen-bond donors (Lipinski definition) is 1. The van der Waals surface area contributed by atoms with E-state index in [2.05, 4.69) is 16.8 Å². The van der Waals surface area contributed by atoms with Crippen molar-refractivity contribution in [1.29, 1.82) is 0 Å². The number of likely N-dealkylation sites (tertiary alicyclic amines) is 1. The van der Waals surface area contributed by atoms with E-state index in [0.717, 1.165) is 30.7 Å². The molecule has 1 aromatic carbocycles. The minimum Gasteiger partial charge on any atom is -0.369 e. The Labute approximate surface area is 137 Å². The van der Waals surface area contributed by atoms with Gasteiger partial charge < -0.3 is 10.3 Å². The molecule has 1 aliphatic heterocycles. The Balaban J connectivity index is 1.89. The summed E-state index contributed by atoms with van der Waals surface area (Å²) in [6, 6.07) is 3.68. The number of hydrogen-bond acceptors (Lipinski definition) is 3. The van der Waals surface area contributed by atoms with E-state index in [1.54, 1.807) is 12.1 Å². The number of anilines is 1. The maximum absolute atomic E-state index is 13.8. The smallest absolute Gasteiger partial charge is 0.201 e. The van der Waals surface area contributed by atoms with Gasteiger partial charge in [0.2, 0.25) is 5.95 Å². The van der Waals surface area contributed by atoms with Gasteiger partial charge in [-0.15, -0.1) is 0 Å². The van der Waals surface area contributed by atoms with Crippen LogP contribution in [0.3, 0.4) is 0 Å². The first kappa shape index (κ1) is 15.0. The van der Waals surface area contributed by atoms with E-state index in [9.17, 15) is 4.39 Å². The first-order chi connectivity index (χ1) is 10.1. The zero-order valence-corrected chi connectivity index (χ0v) is 14.3. The van der Waals surface area contributed by atoms with Gasteiger partial charge in [0.05, 0.1) is 14.6 Å². The van der Waals surface area contributed by atoms with Crippen molar-refractivity contribution in [2.75, 3.05) is 18.8 Å². The lowest BCUT2D eigenvalue weighted by molar-refractivity contribution is 0.161. The fraction of sp³-hybridized carbons (Fsp3) is 0.533. The van der Waals surface area contributed by atoms with Gasteiger partial charge in [-0.1, -0.05) is 6.42 Å². The second-order valence-corrected chi connectivity index (χ2v) is 6.94. The number of fused-ring (bicyclic) bond motifs is 1. The summed E-state index contributed by atoms with van der Waals surface area (Å²) in [6.07, 6.45) is 3.84. The molecule has 1 unspecified atom stereocenters. The van der Waals surface area contributed by atoms with Crippen molar-refractivity contribution in [2.24, 2.45) is 0 Å². The minimum absolute atomic E-state index is 0.213. The maximum atomic E-state index is 13.8. The molecular formula is C15H20FIN4. The highest BCUT2D eigenvalue weighted by Crippen LogP contribution is 2.24. The summed E-state index contributed by atoms with van der Waals surface area (Å²) < 4.78 is 16.3. The second-order valence-electron chi connectivity index (χ2n) is 5.78. The topological polar surface area (TPSA) is 47.1 Å². The highest BCUT2D eigenvalue weighted by atomic mass is 127. The standard InChI is InChI=1S/C15H20FIN4/c1-10(20-5-3-2-4-6-20)9-21-14-7-11(16)12(17)8-13(14)19-15(21)18/h7-8,10H,2-6,9H2,1H3,(H2,18,19). The van der Waals surface area contributed by atoms with Crippen LogP contribution < -0.4 is 5.73 Å². The predicted octanol–water partition coefficient (Wildman–Crippen LogP) is 3.24. The van der Waals surface area contributed by atoms with E-state index in [0.29, 0.717) is 15.6 Å². The molecule has 0 spiro atoms. The van der Waals surface area contributed by atoms with Crippen LogP contribution in [-0.2, 0) is 6.54 Å². The van der Waals surface area contributed by atoms with E-state index >= 15 is 0 Å². The minimum atomic E-state index is -0.213. The van der Waals surface area contributed by atoms with E-state index in [4.69, 9.17) is 5.73 Å². The third-order valence-corrected chi connectivity index (χ3v) is 5.11. The fourth-order valence-electron chi connectivity index (χ4n) is 3.07. The zero-order chi connectivity index (χ0) is 15.0. The number of nitrogens with two attached hydrogens (primary N) is 1. The summed E-state index contributed by atoms with van der Waals surface area (Å²) in [5, 5.41) is 0. The van der Waals surface area contributed by atoms with Gasteiger partial charge in [-0.05, 0) is 61.5 Å². The van der Waals surface area contributed by atoms with Gasteiger partial charge in [0, 0.05) is 18.7 Å². The molecule has 2 heterocycles. The number of halogens is 2. The molecule has 2 N–H and O–H groups in total. The van der Waals surface area contributed by atoms with Crippen LogP contribution in [0.1, 0.15) is 26.2 Å². The number of benzene rings is 1. The van der Waals surface area contributed by atoms with E-state index < -0.39 is 0 Å². The van der Waals surface area contributed by atoms with E-state index in [-0.39, 0.29) is 5.82 Å². The van der Waals surface area contributed by atoms with Gasteiger partial charge in [-0.25, -0.2) is 9.37 Å². The molecule has 0 amide bonds. The highest BCUT2D eigenvalue weighted by Gasteiger charge is 2.19. The van der Waals surface area contributed by atoms with Crippen molar-refractivity contribution in [1.82, 2.24) is 14.5 Å². The summed E-state index contributed by atoms with van der Waals surface area (Å²) in [5.74, 6) is 0.255. The normalized spacial score (nSPS) is 18.2. The molecule has 0 bridgehead atoms. The lowest BCUT2D eigenvalue weighted by Crippen LogP contribution is -2.39. The van der Waals surface area contributed by atoms with Gasteiger partial charge in [0.25, 0.3) is 0 Å². The quantitative estimate of drug-likeness (QED) is 0.803. The Morgan fingerprint density at radius 1 is 1.33 bits per heavy atom. The molecular weight excluding hydrogens is 382 g/mol. The molecule has 1 atom stereocenters. The lowest BCUT2D eigenvalue weighted by atomic mass is 10.1. The molecule has 0 radical (unpaired) electrons. The molecule has 21 heavy (non-hydrogen) atoms. The van der Waals surface area contributed by atoms with Crippen LogP contribution in [0.4, 0.5) is 10.3 Å². The monoisotopic (exact) mass is 402 g/mol. The van der Waals surface area contributed by atoms with Gasteiger partial charge in [-0.2, -0.15) is 0 Å². The molecule has 2 aromatic rings. The molecule has 1 fully saturated rings. The molecule has 6 heteroatoms. The number of rotatable bonds is 3. The summed E-state index contributed by atoms with van der Waals surface area (Å²) >= 11 is 1.98. The van der Waals surface area contributed by atoms with Crippen LogP contribution in [0, 0.1) is 9.39 Å². The van der Waals surface area contributed by atoms with Crippen LogP contribution >= 0.6 is 22.6 Å². The number of aromatic nitrogens is 2. The van der Waals surface area contributed by atoms with E-state index in [1.165, 1.54) is 19.3 Å². The third kappa shape index (κ3) is 3.01. The predicted molar refractivity (Wildman–Crippen MR) is 91.7 cm³/mol. The first-order valence-corrected chi connectivity index (χ1v) is 8.49. The highest BCUT2D eigenvalue weighted by molar-refractivity contribution is 14.1. The zero-order valence-electron chi connectivity index (χ0n) is 12.1. The van der Waals surface area contributed by atoms with Crippen LogP contribution in [0.15, 0.2) is 12.1 Å². The molecule has 0 saturated carbocycles. The Kier molecular flexibility index (Phi) is 4.35. The average Bonchev–Trinajstić information content (AvgIpc) is 2.76. The Hall–Kier alpha value is -0.890. The molecule has 1 aliphatic rings. The number of nitrogens with zero attached hydrogens (tertiary/aromatic N) is 3. The number of piperidine rings is 1. The SMILES string of the molecule is CC(Cn1c(N)nc2cc(I)c(F)cc21)N1CCCCC1. The molecule has 4 nitrogen and oxygen atoms in total. The molecule has 3 rings (SSSR count). The summed E-state index contributed by atoms with van der Waals surface area (Å²) in [4.78, 5) is 6.85.